The van der Waals surface area contributed by atoms with Crippen molar-refractivity contribution in [3.63, 3.8) is 0 Å². The van der Waals surface area contributed by atoms with Crippen LogP contribution in [0.3, 0.4) is 0 Å². The standard InChI is InChI=1S/C18H21FN2O4S/c1-4-12(2)20-18(22)13-5-7-14(8-6-13)21-26(23,24)17-10-9-15(25-3)11-16(17)19/h5-12,21H,4H2,1-3H3,(H,20,22). The number of carbonyl (C=O) groups is 1. The largest absolute Gasteiger partial charge is 0.497 e. The zero-order valence-corrected chi connectivity index (χ0v) is 15.6. The number of carbonyl (C=O) groups excluding carboxylic acids is 1. The molecule has 26 heavy (non-hydrogen) atoms. The third kappa shape index (κ3) is 4.72. The Morgan fingerprint density at radius 1 is 1.19 bits per heavy atom. The molecule has 0 aliphatic heterocycles. The Labute approximate surface area is 152 Å². The van der Waals surface area contributed by atoms with Crippen LogP contribution in [0.1, 0.15) is 30.6 Å². The van der Waals surface area contributed by atoms with Gasteiger partial charge in [0, 0.05) is 23.4 Å². The smallest absolute Gasteiger partial charge is 0.264 e. The zero-order chi connectivity index (χ0) is 19.3. The molecular weight excluding hydrogens is 359 g/mol. The van der Waals surface area contributed by atoms with Crippen LogP contribution in [0.2, 0.25) is 0 Å². The summed E-state index contributed by atoms with van der Waals surface area (Å²) in [5.74, 6) is -0.936. The first-order valence-corrected chi connectivity index (χ1v) is 9.52. The molecule has 0 saturated heterocycles. The average Bonchev–Trinajstić information content (AvgIpc) is 2.61. The molecule has 0 heterocycles. The normalized spacial score (nSPS) is 12.3. The second-order valence-corrected chi connectivity index (χ2v) is 7.41. The molecule has 0 aliphatic rings. The number of sulfonamides is 1. The summed E-state index contributed by atoms with van der Waals surface area (Å²) in [6.07, 6.45) is 0.803. The minimum atomic E-state index is -4.11. The van der Waals surface area contributed by atoms with Gasteiger partial charge in [-0.1, -0.05) is 6.92 Å². The summed E-state index contributed by atoms with van der Waals surface area (Å²) in [6, 6.07) is 9.43. The minimum Gasteiger partial charge on any atom is -0.497 e. The van der Waals surface area contributed by atoms with Gasteiger partial charge < -0.3 is 10.1 Å². The summed E-state index contributed by atoms with van der Waals surface area (Å²) in [6.45, 7) is 3.85. The first kappa shape index (κ1) is 19.7. The number of hydrogen-bond acceptors (Lipinski definition) is 4. The van der Waals surface area contributed by atoms with Gasteiger partial charge in [0.15, 0.2) is 0 Å². The van der Waals surface area contributed by atoms with Crippen molar-refractivity contribution in [1.29, 1.82) is 0 Å². The number of halogens is 1. The van der Waals surface area contributed by atoms with E-state index in [0.717, 1.165) is 18.6 Å². The monoisotopic (exact) mass is 380 g/mol. The van der Waals surface area contributed by atoms with Gasteiger partial charge in [-0.15, -0.1) is 0 Å². The van der Waals surface area contributed by atoms with E-state index in [1.807, 2.05) is 13.8 Å². The second-order valence-electron chi connectivity index (χ2n) is 5.76. The Balaban J connectivity index is 2.16. The highest BCUT2D eigenvalue weighted by Crippen LogP contribution is 2.23. The van der Waals surface area contributed by atoms with Crippen LogP contribution in [-0.4, -0.2) is 27.5 Å². The van der Waals surface area contributed by atoms with Crippen molar-refractivity contribution < 1.29 is 22.3 Å². The van der Waals surface area contributed by atoms with Crippen LogP contribution in [0.25, 0.3) is 0 Å². The van der Waals surface area contributed by atoms with E-state index in [-0.39, 0.29) is 23.4 Å². The Morgan fingerprint density at radius 3 is 2.38 bits per heavy atom. The minimum absolute atomic E-state index is 0.0405. The summed E-state index contributed by atoms with van der Waals surface area (Å²) in [7, 11) is -2.74. The van der Waals surface area contributed by atoms with E-state index < -0.39 is 20.7 Å². The van der Waals surface area contributed by atoms with E-state index >= 15 is 0 Å². The average molecular weight is 380 g/mol. The molecule has 2 aromatic rings. The summed E-state index contributed by atoms with van der Waals surface area (Å²) in [4.78, 5) is 11.5. The van der Waals surface area contributed by atoms with Crippen molar-refractivity contribution in [2.24, 2.45) is 0 Å². The van der Waals surface area contributed by atoms with Crippen molar-refractivity contribution >= 4 is 21.6 Å². The molecule has 2 N–H and O–H groups in total. The highest BCUT2D eigenvalue weighted by Gasteiger charge is 2.20. The van der Waals surface area contributed by atoms with Crippen LogP contribution < -0.4 is 14.8 Å². The van der Waals surface area contributed by atoms with Crippen molar-refractivity contribution in [2.75, 3.05) is 11.8 Å². The van der Waals surface area contributed by atoms with Gasteiger partial charge in [-0.2, -0.15) is 0 Å². The van der Waals surface area contributed by atoms with E-state index in [1.54, 1.807) is 0 Å². The highest BCUT2D eigenvalue weighted by molar-refractivity contribution is 7.92. The molecule has 0 bridgehead atoms. The Hall–Kier alpha value is -2.61. The van der Waals surface area contributed by atoms with Crippen molar-refractivity contribution in [1.82, 2.24) is 5.32 Å². The fourth-order valence-electron chi connectivity index (χ4n) is 2.14. The van der Waals surface area contributed by atoms with Crippen LogP contribution >= 0.6 is 0 Å². The second kappa shape index (κ2) is 8.18. The van der Waals surface area contributed by atoms with Crippen molar-refractivity contribution in [3.05, 3.63) is 53.8 Å². The predicted octanol–water partition coefficient (Wildman–Crippen LogP) is 3.16. The molecule has 0 fully saturated rings. The van der Waals surface area contributed by atoms with Crippen LogP contribution in [0, 0.1) is 5.82 Å². The third-order valence-electron chi connectivity index (χ3n) is 3.82. The Morgan fingerprint density at radius 2 is 1.85 bits per heavy atom. The van der Waals surface area contributed by atoms with Crippen LogP contribution in [0.15, 0.2) is 47.4 Å². The summed E-state index contributed by atoms with van der Waals surface area (Å²) in [5.41, 5.74) is 0.629. The van der Waals surface area contributed by atoms with Crippen LogP contribution in [0.4, 0.5) is 10.1 Å². The van der Waals surface area contributed by atoms with E-state index in [0.29, 0.717) is 5.56 Å². The van der Waals surface area contributed by atoms with Gasteiger partial charge in [-0.3, -0.25) is 9.52 Å². The molecule has 2 aromatic carbocycles. The molecule has 0 aliphatic carbocycles. The summed E-state index contributed by atoms with van der Waals surface area (Å²) in [5, 5.41) is 2.82. The predicted molar refractivity (Wildman–Crippen MR) is 97.4 cm³/mol. The molecule has 140 valence electrons. The van der Waals surface area contributed by atoms with Gasteiger partial charge in [0.2, 0.25) is 0 Å². The van der Waals surface area contributed by atoms with E-state index in [9.17, 15) is 17.6 Å². The molecule has 1 amide bonds. The summed E-state index contributed by atoms with van der Waals surface area (Å²) < 4.78 is 45.9. The SMILES string of the molecule is CCC(C)NC(=O)c1ccc(NS(=O)(=O)c2ccc(OC)cc2F)cc1. The van der Waals surface area contributed by atoms with Gasteiger partial charge in [0.25, 0.3) is 15.9 Å². The number of anilines is 1. The topological polar surface area (TPSA) is 84.5 Å². The lowest BCUT2D eigenvalue weighted by Gasteiger charge is -2.12. The number of methoxy groups -OCH3 is 1. The van der Waals surface area contributed by atoms with Crippen molar-refractivity contribution in [2.45, 2.75) is 31.2 Å². The lowest BCUT2D eigenvalue weighted by Crippen LogP contribution is -2.31. The van der Waals surface area contributed by atoms with Crippen molar-refractivity contribution in [3.8, 4) is 5.75 Å². The maximum Gasteiger partial charge on any atom is 0.264 e. The molecule has 0 saturated carbocycles. The first-order valence-electron chi connectivity index (χ1n) is 8.04. The Kier molecular flexibility index (Phi) is 6.20. The fourth-order valence-corrected chi connectivity index (χ4v) is 3.25. The molecule has 2 rings (SSSR count). The third-order valence-corrected chi connectivity index (χ3v) is 5.23. The molecule has 0 aromatic heterocycles. The number of amides is 1. The molecule has 8 heteroatoms. The van der Waals surface area contributed by atoms with Crippen LogP contribution in [0.5, 0.6) is 5.75 Å². The van der Waals surface area contributed by atoms with E-state index in [1.165, 1.54) is 37.4 Å². The van der Waals surface area contributed by atoms with Crippen LogP contribution in [-0.2, 0) is 10.0 Å². The highest BCUT2D eigenvalue weighted by atomic mass is 32.2. The zero-order valence-electron chi connectivity index (χ0n) is 14.7. The number of hydrogen-bond donors (Lipinski definition) is 2. The fraction of sp³-hybridized carbons (Fsp3) is 0.278. The molecule has 0 spiro atoms. The van der Waals surface area contributed by atoms with Gasteiger partial charge in [0.05, 0.1) is 7.11 Å². The first-order chi connectivity index (χ1) is 12.3. The van der Waals surface area contributed by atoms with E-state index in [4.69, 9.17) is 4.74 Å². The lowest BCUT2D eigenvalue weighted by atomic mass is 10.1. The van der Waals surface area contributed by atoms with Gasteiger partial charge in [-0.05, 0) is 49.7 Å². The molecule has 6 nitrogen and oxygen atoms in total. The number of rotatable bonds is 7. The maximum atomic E-state index is 14.0. The molecule has 0 radical (unpaired) electrons. The van der Waals surface area contributed by atoms with Gasteiger partial charge >= 0.3 is 0 Å². The number of benzene rings is 2. The Bertz CT molecular complexity index is 883. The van der Waals surface area contributed by atoms with Gasteiger partial charge in [0.1, 0.15) is 16.5 Å². The number of nitrogens with one attached hydrogen (secondary N) is 2. The van der Waals surface area contributed by atoms with Gasteiger partial charge in [-0.25, -0.2) is 12.8 Å². The quantitative estimate of drug-likeness (QED) is 0.773. The van der Waals surface area contributed by atoms with E-state index in [2.05, 4.69) is 10.0 Å². The lowest BCUT2D eigenvalue weighted by molar-refractivity contribution is 0.0939. The summed E-state index contributed by atoms with van der Waals surface area (Å²) >= 11 is 0. The number of ether oxygens (including phenoxy) is 1. The molecule has 1 unspecified atom stereocenters. The molecular formula is C18H21FN2O4S. The molecule has 1 atom stereocenters. The maximum absolute atomic E-state index is 14.0.